The second kappa shape index (κ2) is 17.3. The first-order valence-electron chi connectivity index (χ1n) is 10.3. The SMILES string of the molecule is CC.CC.CC1=CC=C(C)C1.Cc1cccc(C)c1.Cc1cccc(C)c1. The molecule has 2 aromatic rings. The van der Waals surface area contributed by atoms with Crippen LogP contribution in [0, 0.1) is 27.7 Å². The minimum atomic E-state index is 1.19. The minimum Gasteiger partial charge on any atom is -0.0693 e. The molecule has 0 bridgehead atoms. The first-order valence-corrected chi connectivity index (χ1v) is 10.3. The highest BCUT2D eigenvalue weighted by molar-refractivity contribution is 5.27. The molecule has 0 heterocycles. The second-order valence-electron chi connectivity index (χ2n) is 6.52. The lowest BCUT2D eigenvalue weighted by atomic mass is 10.2. The predicted octanol–water partition coefficient (Wildman–Crippen LogP) is 8.94. The molecule has 27 heavy (non-hydrogen) atoms. The van der Waals surface area contributed by atoms with Gasteiger partial charge in [-0.1, -0.05) is 122 Å². The van der Waals surface area contributed by atoms with E-state index in [1.807, 2.05) is 27.7 Å². The molecule has 0 saturated heterocycles. The summed E-state index contributed by atoms with van der Waals surface area (Å²) < 4.78 is 0. The van der Waals surface area contributed by atoms with Gasteiger partial charge in [0.2, 0.25) is 0 Å². The van der Waals surface area contributed by atoms with E-state index < -0.39 is 0 Å². The van der Waals surface area contributed by atoms with Crippen LogP contribution < -0.4 is 0 Å². The van der Waals surface area contributed by atoms with Gasteiger partial charge < -0.3 is 0 Å². The Bertz CT molecular complexity index is 578. The third kappa shape index (κ3) is 15.9. The largest absolute Gasteiger partial charge is 0.0693 e. The molecule has 3 rings (SSSR count). The summed E-state index contributed by atoms with van der Waals surface area (Å²) in [4.78, 5) is 0. The Balaban J connectivity index is 0. The smallest absolute Gasteiger partial charge is 0.0108 e. The Kier molecular flexibility index (Phi) is 17.4. The Morgan fingerprint density at radius 2 is 0.741 bits per heavy atom. The van der Waals surface area contributed by atoms with Crippen LogP contribution in [0.2, 0.25) is 0 Å². The van der Waals surface area contributed by atoms with Crippen molar-refractivity contribution in [3.05, 3.63) is 94.1 Å². The van der Waals surface area contributed by atoms with Gasteiger partial charge >= 0.3 is 0 Å². The lowest BCUT2D eigenvalue weighted by molar-refractivity contribution is 1.15. The van der Waals surface area contributed by atoms with Gasteiger partial charge in [-0.3, -0.25) is 0 Å². The van der Waals surface area contributed by atoms with E-state index in [1.165, 1.54) is 39.8 Å². The summed E-state index contributed by atoms with van der Waals surface area (Å²) in [6, 6.07) is 16.9. The van der Waals surface area contributed by atoms with Crippen molar-refractivity contribution in [1.82, 2.24) is 0 Å². The number of allylic oxidation sites excluding steroid dienone is 4. The number of hydrogen-bond donors (Lipinski definition) is 0. The van der Waals surface area contributed by atoms with Crippen LogP contribution in [-0.2, 0) is 0 Å². The molecule has 150 valence electrons. The van der Waals surface area contributed by atoms with Crippen LogP contribution in [0.4, 0.5) is 0 Å². The lowest BCUT2D eigenvalue weighted by Gasteiger charge is -1.90. The van der Waals surface area contributed by atoms with Gasteiger partial charge in [0.1, 0.15) is 0 Å². The van der Waals surface area contributed by atoms with Gasteiger partial charge in [0.15, 0.2) is 0 Å². The quantitative estimate of drug-likeness (QED) is 0.436. The van der Waals surface area contributed by atoms with Crippen molar-refractivity contribution in [2.75, 3.05) is 0 Å². The highest BCUT2D eigenvalue weighted by atomic mass is 14.0. The van der Waals surface area contributed by atoms with Crippen LogP contribution in [0.3, 0.4) is 0 Å². The summed E-state index contributed by atoms with van der Waals surface area (Å²) in [5.74, 6) is 0. The summed E-state index contributed by atoms with van der Waals surface area (Å²) in [6.07, 6.45) is 5.55. The van der Waals surface area contributed by atoms with Crippen LogP contribution >= 0.6 is 0 Å². The zero-order valence-electron chi connectivity index (χ0n) is 19.5. The Hall–Kier alpha value is -2.08. The summed E-state index contributed by atoms with van der Waals surface area (Å²) >= 11 is 0. The van der Waals surface area contributed by atoms with Crippen molar-refractivity contribution in [2.24, 2.45) is 0 Å². The number of hydrogen-bond acceptors (Lipinski definition) is 0. The third-order valence-electron chi connectivity index (χ3n) is 3.56. The summed E-state index contributed by atoms with van der Waals surface area (Å²) in [5, 5.41) is 0. The fourth-order valence-electron chi connectivity index (χ4n) is 2.46. The van der Waals surface area contributed by atoms with Gasteiger partial charge in [-0.25, -0.2) is 0 Å². The molecule has 0 aliphatic heterocycles. The zero-order valence-corrected chi connectivity index (χ0v) is 19.5. The molecule has 0 saturated carbocycles. The van der Waals surface area contributed by atoms with Crippen molar-refractivity contribution in [3.8, 4) is 0 Å². The van der Waals surface area contributed by atoms with Crippen molar-refractivity contribution in [2.45, 2.75) is 75.7 Å². The van der Waals surface area contributed by atoms with Gasteiger partial charge in [0.05, 0.1) is 0 Å². The van der Waals surface area contributed by atoms with Crippen molar-refractivity contribution in [3.63, 3.8) is 0 Å². The third-order valence-corrected chi connectivity index (χ3v) is 3.56. The summed E-state index contributed by atoms with van der Waals surface area (Å²) in [6.45, 7) is 20.7. The van der Waals surface area contributed by atoms with Gasteiger partial charge in [-0.2, -0.15) is 0 Å². The molecule has 0 unspecified atom stereocenters. The molecular weight excluding hydrogens is 324 g/mol. The summed E-state index contributed by atoms with van der Waals surface area (Å²) in [7, 11) is 0. The Morgan fingerprint density at radius 1 is 0.481 bits per heavy atom. The standard InChI is InChI=1S/2C8H10.C7H10.2C2H6/c2*1-7-4-3-5-8(2)6-7;1-6-3-4-7(2)5-6;2*1-2/h2*3-6H,1-2H3;3-4H,5H2,1-2H3;2*1-2H3. The average molecular weight is 367 g/mol. The molecule has 0 atom stereocenters. The van der Waals surface area contributed by atoms with Gasteiger partial charge in [0, 0.05) is 0 Å². The average Bonchev–Trinajstić information content (AvgIpc) is 3.02. The predicted molar refractivity (Wildman–Crippen MR) is 127 cm³/mol. The monoisotopic (exact) mass is 366 g/mol. The molecule has 0 spiro atoms. The van der Waals surface area contributed by atoms with Crippen LogP contribution in [0.5, 0.6) is 0 Å². The maximum absolute atomic E-state index is 2.18. The normalized spacial score (nSPS) is 10.9. The summed E-state index contributed by atoms with van der Waals surface area (Å²) in [5.41, 5.74) is 8.32. The van der Waals surface area contributed by atoms with Crippen LogP contribution in [0.25, 0.3) is 0 Å². The molecule has 0 fully saturated rings. The van der Waals surface area contributed by atoms with E-state index in [1.54, 1.807) is 0 Å². The lowest BCUT2D eigenvalue weighted by Crippen LogP contribution is -1.71. The molecule has 0 radical (unpaired) electrons. The molecule has 2 aromatic carbocycles. The van der Waals surface area contributed by atoms with Crippen LogP contribution in [0.15, 0.2) is 71.8 Å². The fourth-order valence-corrected chi connectivity index (χ4v) is 2.46. The molecular formula is C27H42. The molecule has 0 amide bonds. The van der Waals surface area contributed by atoms with E-state index in [0.717, 1.165) is 0 Å². The van der Waals surface area contributed by atoms with Crippen molar-refractivity contribution >= 4 is 0 Å². The van der Waals surface area contributed by atoms with Crippen LogP contribution in [-0.4, -0.2) is 0 Å². The molecule has 0 aromatic heterocycles. The van der Waals surface area contributed by atoms with E-state index in [0.29, 0.717) is 0 Å². The molecule has 1 aliphatic rings. The van der Waals surface area contributed by atoms with E-state index in [-0.39, 0.29) is 0 Å². The van der Waals surface area contributed by atoms with Crippen LogP contribution in [0.1, 0.15) is 70.2 Å². The zero-order chi connectivity index (χ0) is 21.2. The Labute approximate surface area is 170 Å². The van der Waals surface area contributed by atoms with E-state index in [4.69, 9.17) is 0 Å². The van der Waals surface area contributed by atoms with E-state index in [9.17, 15) is 0 Å². The molecule has 0 N–H and O–H groups in total. The molecule has 1 aliphatic carbocycles. The highest BCUT2D eigenvalue weighted by Gasteiger charge is 1.95. The topological polar surface area (TPSA) is 0 Å². The second-order valence-corrected chi connectivity index (χ2v) is 6.52. The van der Waals surface area contributed by atoms with Gasteiger partial charge in [0.25, 0.3) is 0 Å². The van der Waals surface area contributed by atoms with Gasteiger partial charge in [-0.05, 0) is 48.0 Å². The number of benzene rings is 2. The highest BCUT2D eigenvalue weighted by Crippen LogP contribution is 2.16. The van der Waals surface area contributed by atoms with Crippen molar-refractivity contribution in [1.29, 1.82) is 0 Å². The maximum atomic E-state index is 2.18. The number of aryl methyl sites for hydroxylation is 4. The first kappa shape index (κ1) is 27.1. The van der Waals surface area contributed by atoms with Crippen molar-refractivity contribution < 1.29 is 0 Å². The van der Waals surface area contributed by atoms with E-state index >= 15 is 0 Å². The van der Waals surface area contributed by atoms with E-state index in [2.05, 4.69) is 102 Å². The molecule has 0 nitrogen and oxygen atoms in total. The fraction of sp³-hybridized carbons (Fsp3) is 0.407. The Morgan fingerprint density at radius 3 is 0.852 bits per heavy atom. The maximum Gasteiger partial charge on any atom is -0.0108 e. The van der Waals surface area contributed by atoms with Gasteiger partial charge in [-0.15, -0.1) is 0 Å². The molecule has 0 heteroatoms. The minimum absolute atomic E-state index is 1.19. The number of rotatable bonds is 0. The first-order chi connectivity index (χ1) is 12.9.